The van der Waals surface area contributed by atoms with Gasteiger partial charge in [0.1, 0.15) is 0 Å². The number of rotatable bonds is 6. The maximum atomic E-state index is 5.36. The second kappa shape index (κ2) is 8.03. The van der Waals surface area contributed by atoms with E-state index in [4.69, 9.17) is 4.74 Å². The van der Waals surface area contributed by atoms with Gasteiger partial charge in [0.05, 0.1) is 18.5 Å². The van der Waals surface area contributed by atoms with Gasteiger partial charge in [-0.15, -0.1) is 0 Å². The van der Waals surface area contributed by atoms with Crippen molar-refractivity contribution in [3.8, 4) is 5.88 Å². The number of nitrogens with zero attached hydrogens (tertiary/aromatic N) is 2. The van der Waals surface area contributed by atoms with Gasteiger partial charge in [-0.25, -0.2) is 4.98 Å². The predicted octanol–water partition coefficient (Wildman–Crippen LogP) is 3.32. The van der Waals surface area contributed by atoms with Crippen LogP contribution in [0.1, 0.15) is 33.6 Å². The van der Waals surface area contributed by atoms with Crippen molar-refractivity contribution < 1.29 is 4.74 Å². The van der Waals surface area contributed by atoms with Crippen LogP contribution in [0, 0.1) is 0 Å². The van der Waals surface area contributed by atoms with Gasteiger partial charge in [-0.3, -0.25) is 4.90 Å². The summed E-state index contributed by atoms with van der Waals surface area (Å²) in [5, 5.41) is 3.58. The molecule has 1 aliphatic rings. The molecule has 0 aromatic carbocycles. The fourth-order valence-corrected chi connectivity index (χ4v) is 2.51. The third-order valence-corrected chi connectivity index (χ3v) is 3.74. The molecule has 0 amide bonds. The Labute approximate surface area is 128 Å². The number of hydrogen-bond donors (Lipinski definition) is 1. The van der Waals surface area contributed by atoms with E-state index in [0.717, 1.165) is 25.3 Å². The lowest BCUT2D eigenvalue weighted by Crippen LogP contribution is -2.39. The van der Waals surface area contributed by atoms with Crippen molar-refractivity contribution in [1.82, 2.24) is 9.88 Å². The van der Waals surface area contributed by atoms with E-state index in [-0.39, 0.29) is 0 Å². The second-order valence-electron chi connectivity index (χ2n) is 5.82. The number of anilines is 1. The van der Waals surface area contributed by atoms with Gasteiger partial charge in [0.2, 0.25) is 5.88 Å². The van der Waals surface area contributed by atoms with E-state index < -0.39 is 0 Å². The zero-order valence-corrected chi connectivity index (χ0v) is 13.4. The molecule has 1 N–H and O–H groups in total. The van der Waals surface area contributed by atoms with Crippen LogP contribution in [0.4, 0.5) is 5.69 Å². The van der Waals surface area contributed by atoms with E-state index >= 15 is 0 Å². The summed E-state index contributed by atoms with van der Waals surface area (Å²) in [5.41, 5.74) is 2.48. The molecule has 0 radical (unpaired) electrons. The number of piperidine rings is 1. The largest absolute Gasteiger partial charge is 0.478 e. The summed E-state index contributed by atoms with van der Waals surface area (Å²) >= 11 is 0. The lowest BCUT2D eigenvalue weighted by atomic mass is 10.0. The topological polar surface area (TPSA) is 37.4 Å². The van der Waals surface area contributed by atoms with E-state index in [2.05, 4.69) is 35.1 Å². The monoisotopic (exact) mass is 289 g/mol. The minimum Gasteiger partial charge on any atom is -0.478 e. The first kappa shape index (κ1) is 15.8. The highest BCUT2D eigenvalue weighted by molar-refractivity contribution is 5.43. The molecule has 4 nitrogen and oxygen atoms in total. The molecule has 0 atom stereocenters. The lowest BCUT2D eigenvalue weighted by molar-refractivity contribution is 0.240. The normalized spacial score (nSPS) is 16.5. The Morgan fingerprint density at radius 3 is 2.71 bits per heavy atom. The third kappa shape index (κ3) is 5.38. The van der Waals surface area contributed by atoms with Crippen LogP contribution in [-0.2, 0) is 0 Å². The molecule has 0 aliphatic carbocycles. The van der Waals surface area contributed by atoms with Crippen molar-refractivity contribution in [1.29, 1.82) is 0 Å². The first-order chi connectivity index (χ1) is 10.2. The molecule has 0 bridgehead atoms. The molecule has 116 valence electrons. The smallest absolute Gasteiger partial charge is 0.213 e. The van der Waals surface area contributed by atoms with Crippen LogP contribution in [0.2, 0.25) is 0 Å². The molecular formula is C17H27N3O. The average molecular weight is 289 g/mol. The number of allylic oxidation sites excluding steroid dienone is 1. The number of aromatic nitrogens is 1. The fraction of sp³-hybridized carbons (Fsp3) is 0.588. The summed E-state index contributed by atoms with van der Waals surface area (Å²) < 4.78 is 5.36. The maximum absolute atomic E-state index is 5.36. The second-order valence-corrected chi connectivity index (χ2v) is 5.82. The highest BCUT2D eigenvalue weighted by Crippen LogP contribution is 2.18. The molecule has 1 fully saturated rings. The number of hydrogen-bond acceptors (Lipinski definition) is 4. The van der Waals surface area contributed by atoms with Crippen LogP contribution in [0.3, 0.4) is 0 Å². The Morgan fingerprint density at radius 1 is 1.38 bits per heavy atom. The van der Waals surface area contributed by atoms with E-state index in [1.165, 1.54) is 18.4 Å². The summed E-state index contributed by atoms with van der Waals surface area (Å²) in [6.07, 6.45) is 6.54. The van der Waals surface area contributed by atoms with Crippen LogP contribution >= 0.6 is 0 Å². The highest BCUT2D eigenvalue weighted by atomic mass is 16.5. The van der Waals surface area contributed by atoms with Crippen LogP contribution in [0.15, 0.2) is 30.0 Å². The van der Waals surface area contributed by atoms with Crippen LogP contribution in [0.25, 0.3) is 0 Å². The number of pyridine rings is 1. The summed E-state index contributed by atoms with van der Waals surface area (Å²) in [6.45, 7) is 10.3. The Balaban J connectivity index is 1.76. The molecule has 2 heterocycles. The van der Waals surface area contributed by atoms with Gasteiger partial charge in [0.15, 0.2) is 0 Å². The summed E-state index contributed by atoms with van der Waals surface area (Å²) in [6, 6.07) is 4.52. The summed E-state index contributed by atoms with van der Waals surface area (Å²) in [4.78, 5) is 6.81. The third-order valence-electron chi connectivity index (χ3n) is 3.74. The van der Waals surface area contributed by atoms with Crippen LogP contribution in [0.5, 0.6) is 5.88 Å². The molecule has 0 unspecified atom stereocenters. The maximum Gasteiger partial charge on any atom is 0.213 e. The van der Waals surface area contributed by atoms with Crippen molar-refractivity contribution in [3.05, 3.63) is 30.0 Å². The zero-order chi connectivity index (χ0) is 15.1. The molecule has 1 aliphatic heterocycles. The highest BCUT2D eigenvalue weighted by Gasteiger charge is 2.18. The van der Waals surface area contributed by atoms with Gasteiger partial charge in [-0.1, -0.05) is 11.6 Å². The first-order valence-corrected chi connectivity index (χ1v) is 7.88. The summed E-state index contributed by atoms with van der Waals surface area (Å²) in [7, 11) is 0. The van der Waals surface area contributed by atoms with Gasteiger partial charge < -0.3 is 10.1 Å². The molecule has 2 rings (SSSR count). The van der Waals surface area contributed by atoms with E-state index in [1.54, 1.807) is 0 Å². The molecule has 0 spiro atoms. The Morgan fingerprint density at radius 2 is 2.14 bits per heavy atom. The van der Waals surface area contributed by atoms with Gasteiger partial charge >= 0.3 is 0 Å². The Hall–Kier alpha value is -1.55. The standard InChI is InChI=1S/C17H27N3O/c1-4-21-17-6-5-16(13-18-17)19-15-8-11-20(12-9-15)10-7-14(2)3/h5-7,13,15,19H,4,8-12H2,1-3H3. The SMILES string of the molecule is CCOc1ccc(NC2CCN(CC=C(C)C)CC2)cn1. The summed E-state index contributed by atoms with van der Waals surface area (Å²) in [5.74, 6) is 0.694. The quantitative estimate of drug-likeness (QED) is 0.815. The zero-order valence-electron chi connectivity index (χ0n) is 13.4. The van der Waals surface area contributed by atoms with Gasteiger partial charge in [-0.05, 0) is 39.7 Å². The van der Waals surface area contributed by atoms with Gasteiger partial charge in [0.25, 0.3) is 0 Å². The minimum atomic E-state index is 0.549. The Kier molecular flexibility index (Phi) is 6.05. The minimum absolute atomic E-state index is 0.549. The van der Waals surface area contributed by atoms with Crippen molar-refractivity contribution >= 4 is 5.69 Å². The molecular weight excluding hydrogens is 262 g/mol. The van der Waals surface area contributed by atoms with Crippen LogP contribution < -0.4 is 10.1 Å². The lowest BCUT2D eigenvalue weighted by Gasteiger charge is -2.32. The van der Waals surface area contributed by atoms with Crippen molar-refractivity contribution in [3.63, 3.8) is 0 Å². The number of nitrogens with one attached hydrogen (secondary N) is 1. The average Bonchev–Trinajstić information content (AvgIpc) is 2.49. The van der Waals surface area contributed by atoms with E-state index in [9.17, 15) is 0 Å². The molecule has 21 heavy (non-hydrogen) atoms. The first-order valence-electron chi connectivity index (χ1n) is 7.88. The Bertz CT molecular complexity index is 444. The van der Waals surface area contributed by atoms with Crippen LogP contribution in [-0.4, -0.2) is 42.2 Å². The van der Waals surface area contributed by atoms with Crippen molar-refractivity contribution in [2.45, 2.75) is 39.7 Å². The van der Waals surface area contributed by atoms with Crippen molar-refractivity contribution in [2.75, 3.05) is 31.6 Å². The molecule has 1 aromatic heterocycles. The van der Waals surface area contributed by atoms with E-state index in [1.807, 2.05) is 25.3 Å². The predicted molar refractivity (Wildman–Crippen MR) is 87.9 cm³/mol. The number of likely N-dealkylation sites (tertiary alicyclic amines) is 1. The van der Waals surface area contributed by atoms with Gasteiger partial charge in [-0.2, -0.15) is 0 Å². The van der Waals surface area contributed by atoms with Crippen molar-refractivity contribution in [2.24, 2.45) is 0 Å². The molecule has 1 aromatic rings. The molecule has 4 heteroatoms. The van der Waals surface area contributed by atoms with Gasteiger partial charge in [0, 0.05) is 31.7 Å². The molecule has 1 saturated heterocycles. The molecule has 0 saturated carbocycles. The fourth-order valence-electron chi connectivity index (χ4n) is 2.51. The number of ether oxygens (including phenoxy) is 1. The van der Waals surface area contributed by atoms with E-state index in [0.29, 0.717) is 18.5 Å².